The van der Waals surface area contributed by atoms with Gasteiger partial charge in [-0.1, -0.05) is 42.1 Å². The maximum atomic E-state index is 12.4. The molecule has 0 aliphatic heterocycles. The number of benzene rings is 1. The van der Waals surface area contributed by atoms with Crippen LogP contribution in [0.5, 0.6) is 0 Å². The van der Waals surface area contributed by atoms with Crippen molar-refractivity contribution in [2.45, 2.75) is 44.9 Å². The number of nitrogens with one attached hydrogen (secondary N) is 1. The molecule has 2 aromatic heterocycles. The van der Waals surface area contributed by atoms with Crippen LogP contribution in [0.25, 0.3) is 5.78 Å². The van der Waals surface area contributed by atoms with Crippen LogP contribution in [0, 0.1) is 13.8 Å². The molecule has 0 spiro atoms. The number of hydrogen-bond acceptors (Lipinski definition) is 7. The van der Waals surface area contributed by atoms with Crippen molar-refractivity contribution < 1.29 is 14.3 Å². The molecule has 30 heavy (non-hydrogen) atoms. The molecule has 0 bridgehead atoms. The van der Waals surface area contributed by atoms with Gasteiger partial charge in [-0.3, -0.25) is 9.59 Å². The van der Waals surface area contributed by atoms with Gasteiger partial charge in [0.25, 0.3) is 11.7 Å². The molecule has 1 N–H and O–H groups in total. The molecule has 3 rings (SSSR count). The van der Waals surface area contributed by atoms with Crippen molar-refractivity contribution in [3.63, 3.8) is 0 Å². The number of hydrogen-bond donors (Lipinski definition) is 1. The SMILES string of the molecule is CSc1nc2nc(C)c(CC(=O)OC(C)C(=O)NCCc3ccccc3)c(C)n2n1. The highest BCUT2D eigenvalue weighted by atomic mass is 32.2. The number of nitrogens with zero attached hydrogens (tertiary/aromatic N) is 4. The van der Waals surface area contributed by atoms with Crippen LogP contribution in [-0.4, -0.2) is 50.4 Å². The highest BCUT2D eigenvalue weighted by Crippen LogP contribution is 2.17. The first kappa shape index (κ1) is 21.8. The van der Waals surface area contributed by atoms with Gasteiger partial charge >= 0.3 is 5.97 Å². The Balaban J connectivity index is 1.57. The molecule has 158 valence electrons. The van der Waals surface area contributed by atoms with Crippen molar-refractivity contribution in [1.82, 2.24) is 24.9 Å². The Kier molecular flexibility index (Phi) is 7.04. The number of carbonyl (C=O) groups is 2. The normalized spacial score (nSPS) is 12.0. The van der Waals surface area contributed by atoms with Gasteiger partial charge < -0.3 is 10.1 Å². The van der Waals surface area contributed by atoms with E-state index in [4.69, 9.17) is 4.74 Å². The van der Waals surface area contributed by atoms with E-state index in [-0.39, 0.29) is 12.3 Å². The topological polar surface area (TPSA) is 98.5 Å². The quantitative estimate of drug-likeness (QED) is 0.435. The molecule has 9 heteroatoms. The number of fused-ring (bicyclic) bond motifs is 1. The maximum absolute atomic E-state index is 12.4. The molecule has 1 aromatic carbocycles. The summed E-state index contributed by atoms with van der Waals surface area (Å²) in [5.74, 6) is -0.307. The molecule has 0 aliphatic carbocycles. The summed E-state index contributed by atoms with van der Waals surface area (Å²) >= 11 is 1.43. The second-order valence-corrected chi connectivity index (χ2v) is 7.68. The standard InChI is InChI=1S/C21H25N5O3S/c1-13-17(14(2)26-20(23-13)24-21(25-26)30-4)12-18(27)29-15(3)19(28)22-11-10-16-8-6-5-7-9-16/h5-9,15H,10-12H2,1-4H3,(H,22,28). The maximum Gasteiger partial charge on any atom is 0.311 e. The molecule has 8 nitrogen and oxygen atoms in total. The molecule has 0 aliphatic rings. The summed E-state index contributed by atoms with van der Waals surface area (Å²) in [5, 5.41) is 7.80. The summed E-state index contributed by atoms with van der Waals surface area (Å²) in [4.78, 5) is 33.4. The van der Waals surface area contributed by atoms with E-state index in [0.717, 1.165) is 16.8 Å². The fourth-order valence-corrected chi connectivity index (χ4v) is 3.42. The van der Waals surface area contributed by atoms with Crippen LogP contribution in [0.3, 0.4) is 0 Å². The first-order chi connectivity index (χ1) is 14.4. The number of esters is 1. The number of aryl methyl sites for hydroxylation is 2. The second kappa shape index (κ2) is 9.71. The van der Waals surface area contributed by atoms with Crippen LogP contribution in [0.1, 0.15) is 29.4 Å². The lowest BCUT2D eigenvalue weighted by molar-refractivity contribution is -0.154. The minimum Gasteiger partial charge on any atom is -0.452 e. The predicted molar refractivity (Wildman–Crippen MR) is 114 cm³/mol. The Hall–Kier alpha value is -2.94. The van der Waals surface area contributed by atoms with E-state index in [1.165, 1.54) is 11.8 Å². The van der Waals surface area contributed by atoms with E-state index < -0.39 is 12.1 Å². The zero-order chi connectivity index (χ0) is 21.7. The van der Waals surface area contributed by atoms with Gasteiger partial charge in [-0.2, -0.15) is 4.98 Å². The highest BCUT2D eigenvalue weighted by molar-refractivity contribution is 7.98. The summed E-state index contributed by atoms with van der Waals surface area (Å²) < 4.78 is 6.97. The van der Waals surface area contributed by atoms with Crippen molar-refractivity contribution in [2.24, 2.45) is 0 Å². The van der Waals surface area contributed by atoms with Crippen molar-refractivity contribution in [3.8, 4) is 0 Å². The largest absolute Gasteiger partial charge is 0.452 e. The summed E-state index contributed by atoms with van der Waals surface area (Å²) in [5.41, 5.74) is 3.33. The molecule has 0 radical (unpaired) electrons. The van der Waals surface area contributed by atoms with Crippen molar-refractivity contribution in [2.75, 3.05) is 12.8 Å². The van der Waals surface area contributed by atoms with Gasteiger partial charge in [0.1, 0.15) is 0 Å². The first-order valence-electron chi connectivity index (χ1n) is 9.67. The average molecular weight is 428 g/mol. The molecule has 0 saturated heterocycles. The Labute approximate surface area is 179 Å². The summed E-state index contributed by atoms with van der Waals surface area (Å²) in [7, 11) is 0. The Bertz CT molecular complexity index is 1050. The molecule has 1 atom stereocenters. The summed E-state index contributed by atoms with van der Waals surface area (Å²) in [6, 6.07) is 9.87. The zero-order valence-corrected chi connectivity index (χ0v) is 18.3. The lowest BCUT2D eigenvalue weighted by atomic mass is 10.1. The Morgan fingerprint density at radius 3 is 2.63 bits per heavy atom. The van der Waals surface area contributed by atoms with E-state index in [0.29, 0.717) is 29.6 Å². The van der Waals surface area contributed by atoms with E-state index in [2.05, 4.69) is 20.4 Å². The third kappa shape index (κ3) is 5.15. The fourth-order valence-electron chi connectivity index (χ4n) is 3.09. The number of aromatic nitrogens is 4. The van der Waals surface area contributed by atoms with Crippen molar-refractivity contribution in [1.29, 1.82) is 0 Å². The van der Waals surface area contributed by atoms with Gasteiger partial charge in [-0.05, 0) is 39.0 Å². The van der Waals surface area contributed by atoms with Crippen molar-refractivity contribution in [3.05, 3.63) is 52.8 Å². The summed E-state index contributed by atoms with van der Waals surface area (Å²) in [6.07, 6.45) is 1.74. The molecule has 1 amide bonds. The van der Waals surface area contributed by atoms with Gasteiger partial charge in [0.15, 0.2) is 6.10 Å². The third-order valence-corrected chi connectivity index (χ3v) is 5.30. The van der Waals surface area contributed by atoms with Gasteiger partial charge in [0.05, 0.1) is 6.42 Å². The third-order valence-electron chi connectivity index (χ3n) is 4.77. The zero-order valence-electron chi connectivity index (χ0n) is 17.5. The van der Waals surface area contributed by atoms with Crippen LogP contribution in [0.15, 0.2) is 35.5 Å². The lowest BCUT2D eigenvalue weighted by Gasteiger charge is -2.15. The molecular weight excluding hydrogens is 402 g/mol. The number of rotatable bonds is 8. The van der Waals surface area contributed by atoms with Crippen molar-refractivity contribution >= 4 is 29.4 Å². The van der Waals surface area contributed by atoms with E-state index >= 15 is 0 Å². The van der Waals surface area contributed by atoms with E-state index in [1.54, 1.807) is 11.4 Å². The first-order valence-corrected chi connectivity index (χ1v) is 10.9. The van der Waals surface area contributed by atoms with Gasteiger partial charge in [-0.15, -0.1) is 5.10 Å². The van der Waals surface area contributed by atoms with Gasteiger partial charge in [0, 0.05) is 23.5 Å². The number of amides is 1. The monoisotopic (exact) mass is 427 g/mol. The lowest BCUT2D eigenvalue weighted by Crippen LogP contribution is -2.37. The molecular formula is C21H25N5O3S. The number of carbonyl (C=O) groups excluding carboxylic acids is 2. The van der Waals surface area contributed by atoms with E-state index in [1.807, 2.05) is 50.4 Å². The molecule has 3 aromatic rings. The Morgan fingerprint density at radius 1 is 1.20 bits per heavy atom. The van der Waals surface area contributed by atoms with Crippen LogP contribution in [-0.2, 0) is 27.2 Å². The minimum absolute atomic E-state index is 0.0106. The smallest absolute Gasteiger partial charge is 0.311 e. The van der Waals surface area contributed by atoms with Crippen LogP contribution in [0.4, 0.5) is 0 Å². The highest BCUT2D eigenvalue weighted by Gasteiger charge is 2.21. The van der Waals surface area contributed by atoms with Crippen LogP contribution < -0.4 is 5.32 Å². The minimum atomic E-state index is -0.875. The van der Waals surface area contributed by atoms with Crippen LogP contribution >= 0.6 is 11.8 Å². The molecule has 0 saturated carbocycles. The number of thioether (sulfide) groups is 1. The molecule has 0 fully saturated rings. The average Bonchev–Trinajstić information content (AvgIpc) is 3.15. The molecule has 1 unspecified atom stereocenters. The van der Waals surface area contributed by atoms with E-state index in [9.17, 15) is 9.59 Å². The van der Waals surface area contributed by atoms with Crippen LogP contribution in [0.2, 0.25) is 0 Å². The van der Waals surface area contributed by atoms with Gasteiger partial charge in [-0.25, -0.2) is 9.50 Å². The Morgan fingerprint density at radius 2 is 1.93 bits per heavy atom. The fraction of sp³-hybridized carbons (Fsp3) is 0.381. The van der Waals surface area contributed by atoms with Gasteiger partial charge in [0.2, 0.25) is 5.16 Å². The summed E-state index contributed by atoms with van der Waals surface area (Å²) in [6.45, 7) is 5.73. The number of ether oxygens (including phenoxy) is 1. The predicted octanol–water partition coefficient (Wildman–Crippen LogP) is 2.30. The second-order valence-electron chi connectivity index (χ2n) is 6.91. The molecule has 2 heterocycles.